The second-order valence-corrected chi connectivity index (χ2v) is 16.2. The van der Waals surface area contributed by atoms with E-state index in [4.69, 9.17) is 5.73 Å². The van der Waals surface area contributed by atoms with Gasteiger partial charge in [0.1, 0.15) is 17.6 Å². The summed E-state index contributed by atoms with van der Waals surface area (Å²) in [5.74, 6) is -7.01. The molecule has 16 heteroatoms. The van der Waals surface area contributed by atoms with Crippen LogP contribution in [0.3, 0.4) is 0 Å². The van der Waals surface area contributed by atoms with E-state index >= 15 is 0 Å². The first-order chi connectivity index (χ1) is 26.6. The van der Waals surface area contributed by atoms with Gasteiger partial charge in [-0.15, -0.1) is 0 Å². The quantitative estimate of drug-likeness (QED) is 0.110. The van der Waals surface area contributed by atoms with Crippen molar-refractivity contribution in [2.45, 2.75) is 94.0 Å². The topological polar surface area (TPSA) is 254 Å². The molecule has 0 bridgehead atoms. The number of nitrogens with two attached hydrogens (primary N) is 1. The predicted molar refractivity (Wildman–Crippen MR) is 206 cm³/mol. The molecule has 5 amide bonds. The summed E-state index contributed by atoms with van der Waals surface area (Å²) in [6.45, 7) is 0.130. The van der Waals surface area contributed by atoms with Crippen LogP contribution in [0.5, 0.6) is 0 Å². The Labute approximate surface area is 324 Å². The highest BCUT2D eigenvalue weighted by atomic mass is 31.2. The first-order valence-corrected chi connectivity index (χ1v) is 20.4. The minimum atomic E-state index is -4.39. The molecule has 0 saturated heterocycles. The van der Waals surface area contributed by atoms with Crippen LogP contribution in [0.4, 0.5) is 0 Å². The smallest absolute Gasteiger partial charge is 0.329 e. The molecule has 1 spiro atoms. The highest BCUT2D eigenvalue weighted by molar-refractivity contribution is 7.50. The van der Waals surface area contributed by atoms with Gasteiger partial charge in [-0.05, 0) is 59.1 Å². The molecule has 0 unspecified atom stereocenters. The van der Waals surface area contributed by atoms with Crippen molar-refractivity contribution in [3.63, 3.8) is 0 Å². The van der Waals surface area contributed by atoms with Crippen molar-refractivity contribution in [3.8, 4) is 0 Å². The maximum Gasteiger partial charge on any atom is 0.329 e. The van der Waals surface area contributed by atoms with Gasteiger partial charge >= 0.3 is 13.6 Å². The largest absolute Gasteiger partial charge is 0.481 e. The van der Waals surface area contributed by atoms with Gasteiger partial charge in [0.25, 0.3) is 0 Å². The van der Waals surface area contributed by atoms with Crippen molar-refractivity contribution in [2.75, 3.05) is 0 Å². The summed E-state index contributed by atoms with van der Waals surface area (Å²) in [4.78, 5) is 99.6. The Kier molecular flexibility index (Phi) is 13.8. The van der Waals surface area contributed by atoms with Crippen LogP contribution in [-0.4, -0.2) is 68.0 Å². The normalized spacial score (nSPS) is 22.8. The fraction of sp³-hybridized carbons (Fsp3) is 0.400. The van der Waals surface area contributed by atoms with E-state index in [9.17, 15) is 48.2 Å². The summed E-state index contributed by atoms with van der Waals surface area (Å²) >= 11 is 0. The van der Waals surface area contributed by atoms with Crippen molar-refractivity contribution in [1.29, 1.82) is 0 Å². The number of primary amides is 1. The zero-order chi connectivity index (χ0) is 40.5. The Bertz CT molecular complexity index is 2020. The summed E-state index contributed by atoms with van der Waals surface area (Å²) in [6.07, 6.45) is 3.80. The number of nitrogens with one attached hydrogen (secondary N) is 4. The number of carbonyl (C=O) groups is 6. The number of carboxylic acids is 1. The Balaban J connectivity index is 1.52. The summed E-state index contributed by atoms with van der Waals surface area (Å²) in [7, 11) is -4.39. The van der Waals surface area contributed by atoms with E-state index in [2.05, 4.69) is 21.3 Å². The molecule has 3 aromatic rings. The molecule has 56 heavy (non-hydrogen) atoms. The summed E-state index contributed by atoms with van der Waals surface area (Å²) in [5.41, 5.74) is 5.64. The minimum absolute atomic E-state index is 0.0575. The SMILES string of the molecule is NC(=O)C[C@@H]1NC(=O)C2(CCCCC2)NC(=O)[C@@H](CC(=O)O)[C@H](c2ccc(CP(=O)(O)O)cc2)C/C=C/C[C@@H](C(=O)NCc2cccc3ccccc23)NC1=O. The predicted octanol–water partition coefficient (Wildman–Crippen LogP) is 3.02. The molecule has 1 aliphatic heterocycles. The van der Waals surface area contributed by atoms with Gasteiger partial charge in [0.15, 0.2) is 0 Å². The zero-order valence-electron chi connectivity index (χ0n) is 30.8. The monoisotopic (exact) mass is 789 g/mol. The lowest BCUT2D eigenvalue weighted by atomic mass is 9.77. The van der Waals surface area contributed by atoms with E-state index in [-0.39, 0.29) is 32.2 Å². The second-order valence-electron chi connectivity index (χ2n) is 14.6. The molecule has 4 atom stereocenters. The van der Waals surface area contributed by atoms with Crippen molar-refractivity contribution in [1.82, 2.24) is 21.3 Å². The average Bonchev–Trinajstić information content (AvgIpc) is 3.15. The number of carbonyl (C=O) groups excluding carboxylic acids is 5. The first-order valence-electron chi connectivity index (χ1n) is 18.6. The van der Waals surface area contributed by atoms with Crippen molar-refractivity contribution in [2.24, 2.45) is 11.7 Å². The molecule has 1 aliphatic carbocycles. The number of allylic oxidation sites excluding steroid dienone is 1. The van der Waals surface area contributed by atoms with Gasteiger partial charge in [-0.2, -0.15) is 0 Å². The lowest BCUT2D eigenvalue weighted by Crippen LogP contribution is -2.64. The number of amides is 5. The Hall–Kier alpha value is -5.37. The number of benzene rings is 3. The van der Waals surface area contributed by atoms with Gasteiger partial charge in [-0.3, -0.25) is 33.3 Å². The first kappa shape index (κ1) is 41.8. The number of hydrogen-bond donors (Lipinski definition) is 8. The van der Waals surface area contributed by atoms with E-state index in [1.54, 1.807) is 24.3 Å². The molecule has 0 radical (unpaired) electrons. The van der Waals surface area contributed by atoms with E-state index in [1.165, 1.54) is 12.1 Å². The molecule has 298 valence electrons. The zero-order valence-corrected chi connectivity index (χ0v) is 31.7. The van der Waals surface area contributed by atoms with Crippen LogP contribution in [0.2, 0.25) is 0 Å². The van der Waals surface area contributed by atoms with Gasteiger partial charge in [-0.25, -0.2) is 0 Å². The summed E-state index contributed by atoms with van der Waals surface area (Å²) in [5, 5.41) is 23.0. The number of hydrogen-bond acceptors (Lipinski definition) is 7. The average molecular weight is 790 g/mol. The molecule has 3 aromatic carbocycles. The maximum absolute atomic E-state index is 14.3. The molecule has 0 aromatic heterocycles. The molecule has 1 heterocycles. The van der Waals surface area contributed by atoms with Crippen LogP contribution in [0, 0.1) is 5.92 Å². The lowest BCUT2D eigenvalue weighted by molar-refractivity contribution is -0.144. The van der Waals surface area contributed by atoms with Crippen LogP contribution in [0.15, 0.2) is 78.9 Å². The molecule has 15 nitrogen and oxygen atoms in total. The Morgan fingerprint density at radius 2 is 1.52 bits per heavy atom. The van der Waals surface area contributed by atoms with Gasteiger partial charge in [0, 0.05) is 6.54 Å². The molecular weight excluding hydrogens is 741 g/mol. The number of fused-ring (bicyclic) bond motifs is 1. The van der Waals surface area contributed by atoms with Gasteiger partial charge in [0.05, 0.1) is 24.9 Å². The number of rotatable bonds is 10. The van der Waals surface area contributed by atoms with Crippen LogP contribution < -0.4 is 27.0 Å². The fourth-order valence-corrected chi connectivity index (χ4v) is 8.26. The third kappa shape index (κ3) is 11.1. The Morgan fingerprint density at radius 1 is 0.839 bits per heavy atom. The van der Waals surface area contributed by atoms with Gasteiger partial charge < -0.3 is 41.9 Å². The highest BCUT2D eigenvalue weighted by Crippen LogP contribution is 2.40. The van der Waals surface area contributed by atoms with Crippen LogP contribution in [0.25, 0.3) is 10.8 Å². The van der Waals surface area contributed by atoms with Gasteiger partial charge in [0.2, 0.25) is 29.5 Å². The molecule has 2 aliphatic rings. The maximum atomic E-state index is 14.3. The molecule has 9 N–H and O–H groups in total. The summed E-state index contributed by atoms with van der Waals surface area (Å²) in [6, 6.07) is 16.9. The van der Waals surface area contributed by atoms with Gasteiger partial charge in [-0.1, -0.05) is 98.1 Å². The number of carboxylic acid groups (broad SMARTS) is 1. The van der Waals surface area contributed by atoms with Crippen LogP contribution in [0.1, 0.15) is 80.4 Å². The number of aliphatic carboxylic acids is 1. The van der Waals surface area contributed by atoms with E-state index in [0.717, 1.165) is 22.8 Å². The lowest BCUT2D eigenvalue weighted by Gasteiger charge is -2.39. The van der Waals surface area contributed by atoms with Crippen molar-refractivity contribution >= 4 is 53.9 Å². The van der Waals surface area contributed by atoms with Crippen LogP contribution in [-0.2, 0) is 46.0 Å². The van der Waals surface area contributed by atoms with Crippen molar-refractivity contribution < 1.29 is 48.2 Å². The second kappa shape index (κ2) is 18.5. The van der Waals surface area contributed by atoms with Crippen LogP contribution >= 0.6 is 7.60 Å². The molecule has 1 fully saturated rings. The van der Waals surface area contributed by atoms with E-state index in [0.29, 0.717) is 24.0 Å². The summed E-state index contributed by atoms with van der Waals surface area (Å²) < 4.78 is 11.7. The van der Waals surface area contributed by atoms with E-state index < -0.39 is 91.6 Å². The molecular formula is C40H48N5O10P. The Morgan fingerprint density at radius 3 is 2.20 bits per heavy atom. The third-order valence-corrected chi connectivity index (χ3v) is 11.2. The van der Waals surface area contributed by atoms with Crippen molar-refractivity contribution in [3.05, 3.63) is 95.6 Å². The molecule has 1 saturated carbocycles. The van der Waals surface area contributed by atoms with E-state index in [1.807, 2.05) is 42.5 Å². The molecule has 5 rings (SSSR count). The minimum Gasteiger partial charge on any atom is -0.481 e. The third-order valence-electron chi connectivity index (χ3n) is 10.4. The standard InChI is InChI=1S/C40H48N5O10P/c41-34(46)22-33-38(51)43-32(37(50)42-23-28-11-8-10-26-9-2-3-12-29(26)28)14-5-4-13-30(27-17-15-25(16-18-27)24-56(53,54)55)31(21-35(47)48)36(49)45-40(39(52)44-33)19-6-1-7-20-40/h2-5,8-12,15-18,30-33H,1,6-7,13-14,19-24H2,(H2,41,46)(H,42,50)(H,43,51)(H,44,52)(H,45,49)(H,47,48)(H2,53,54,55)/b5-4+/t30-,31-,32-,33-/m0/s1. The highest BCUT2D eigenvalue weighted by Gasteiger charge is 2.45. The fourth-order valence-electron chi connectivity index (χ4n) is 7.58.